The van der Waals surface area contributed by atoms with Crippen LogP contribution in [0.25, 0.3) is 11.3 Å². The Balaban J connectivity index is 1.80. The largest absolute Gasteiger partial charge is 0.359 e. The SMILES string of the molecule is C=CCC(CC)CCNCc1cc(-c2ccc(Br)cc2)no1. The quantitative estimate of drug-likeness (QED) is 0.492. The Morgan fingerprint density at radius 2 is 2.14 bits per heavy atom. The van der Waals surface area contributed by atoms with Crippen LogP contribution in [-0.2, 0) is 6.54 Å². The molecule has 0 radical (unpaired) electrons. The van der Waals surface area contributed by atoms with E-state index in [9.17, 15) is 0 Å². The van der Waals surface area contributed by atoms with E-state index in [0.717, 1.165) is 46.8 Å². The third-order valence-electron chi connectivity index (χ3n) is 3.80. The zero-order valence-corrected chi connectivity index (χ0v) is 14.6. The first kappa shape index (κ1) is 17.0. The molecular formula is C18H23BrN2O. The van der Waals surface area contributed by atoms with Gasteiger partial charge in [0, 0.05) is 16.1 Å². The maximum absolute atomic E-state index is 5.39. The van der Waals surface area contributed by atoms with Crippen LogP contribution in [-0.4, -0.2) is 11.7 Å². The Labute approximate surface area is 140 Å². The number of nitrogens with zero attached hydrogens (tertiary/aromatic N) is 1. The molecule has 2 aromatic rings. The number of nitrogens with one attached hydrogen (secondary N) is 1. The van der Waals surface area contributed by atoms with Crippen molar-refractivity contribution in [1.29, 1.82) is 0 Å². The Morgan fingerprint density at radius 1 is 1.36 bits per heavy atom. The molecule has 4 heteroatoms. The highest BCUT2D eigenvalue weighted by atomic mass is 79.9. The third-order valence-corrected chi connectivity index (χ3v) is 4.33. The lowest BCUT2D eigenvalue weighted by Gasteiger charge is -2.12. The highest BCUT2D eigenvalue weighted by Crippen LogP contribution is 2.21. The fourth-order valence-electron chi connectivity index (χ4n) is 2.40. The highest BCUT2D eigenvalue weighted by Gasteiger charge is 2.07. The van der Waals surface area contributed by atoms with Gasteiger partial charge in [-0.15, -0.1) is 6.58 Å². The van der Waals surface area contributed by atoms with Crippen molar-refractivity contribution >= 4 is 15.9 Å². The van der Waals surface area contributed by atoms with Crippen molar-refractivity contribution in [2.24, 2.45) is 5.92 Å². The molecule has 0 saturated carbocycles. The summed E-state index contributed by atoms with van der Waals surface area (Å²) in [6.07, 6.45) is 5.46. The molecule has 1 aromatic heterocycles. The lowest BCUT2D eigenvalue weighted by atomic mass is 9.99. The fraction of sp³-hybridized carbons (Fsp3) is 0.389. The van der Waals surface area contributed by atoms with Crippen molar-refractivity contribution in [1.82, 2.24) is 10.5 Å². The lowest BCUT2D eigenvalue weighted by molar-refractivity contribution is 0.369. The van der Waals surface area contributed by atoms with E-state index < -0.39 is 0 Å². The van der Waals surface area contributed by atoms with Gasteiger partial charge in [0.15, 0.2) is 5.76 Å². The number of hydrogen-bond acceptors (Lipinski definition) is 3. The van der Waals surface area contributed by atoms with Crippen LogP contribution < -0.4 is 5.32 Å². The van der Waals surface area contributed by atoms with Crippen LogP contribution in [0.15, 0.2) is 52.0 Å². The number of allylic oxidation sites excluding steroid dienone is 1. The summed E-state index contributed by atoms with van der Waals surface area (Å²) in [6.45, 7) is 7.75. The number of benzene rings is 1. The molecule has 1 N–H and O–H groups in total. The van der Waals surface area contributed by atoms with Gasteiger partial charge in [0.2, 0.25) is 0 Å². The molecule has 0 bridgehead atoms. The summed E-state index contributed by atoms with van der Waals surface area (Å²) >= 11 is 3.43. The summed E-state index contributed by atoms with van der Waals surface area (Å²) in [5, 5.41) is 7.56. The van der Waals surface area contributed by atoms with Crippen LogP contribution in [0.1, 0.15) is 31.9 Å². The number of hydrogen-bond donors (Lipinski definition) is 1. The van der Waals surface area contributed by atoms with Crippen molar-refractivity contribution < 1.29 is 4.52 Å². The van der Waals surface area contributed by atoms with Crippen molar-refractivity contribution in [2.75, 3.05) is 6.54 Å². The molecular weight excluding hydrogens is 340 g/mol. The third kappa shape index (κ3) is 5.11. The molecule has 0 spiro atoms. The van der Waals surface area contributed by atoms with E-state index in [1.807, 2.05) is 36.4 Å². The highest BCUT2D eigenvalue weighted by molar-refractivity contribution is 9.10. The minimum atomic E-state index is 0.716. The summed E-state index contributed by atoms with van der Waals surface area (Å²) in [7, 11) is 0. The zero-order chi connectivity index (χ0) is 15.8. The predicted molar refractivity (Wildman–Crippen MR) is 94.6 cm³/mol. The molecule has 118 valence electrons. The Bertz CT molecular complexity index is 577. The molecule has 0 aliphatic rings. The summed E-state index contributed by atoms with van der Waals surface area (Å²) in [6, 6.07) is 10.1. The average Bonchev–Trinajstić information content (AvgIpc) is 3.00. The van der Waals surface area contributed by atoms with Gasteiger partial charge in [-0.3, -0.25) is 0 Å². The van der Waals surface area contributed by atoms with Gasteiger partial charge < -0.3 is 9.84 Å². The maximum Gasteiger partial charge on any atom is 0.151 e. The van der Waals surface area contributed by atoms with Gasteiger partial charge in [-0.1, -0.05) is 52.6 Å². The second kappa shape index (κ2) is 8.91. The van der Waals surface area contributed by atoms with Gasteiger partial charge in [-0.05, 0) is 37.4 Å². The monoisotopic (exact) mass is 362 g/mol. The van der Waals surface area contributed by atoms with Crippen LogP contribution in [0.3, 0.4) is 0 Å². The van der Waals surface area contributed by atoms with E-state index >= 15 is 0 Å². The summed E-state index contributed by atoms with van der Waals surface area (Å²) in [5.41, 5.74) is 1.94. The molecule has 0 fully saturated rings. The molecule has 0 aliphatic heterocycles. The second-order valence-electron chi connectivity index (χ2n) is 5.45. The average molecular weight is 363 g/mol. The Kier molecular flexibility index (Phi) is 6.87. The minimum Gasteiger partial charge on any atom is -0.359 e. The van der Waals surface area contributed by atoms with Crippen LogP contribution >= 0.6 is 15.9 Å². The first-order valence-corrected chi connectivity index (χ1v) is 8.55. The van der Waals surface area contributed by atoms with E-state index in [4.69, 9.17) is 4.52 Å². The van der Waals surface area contributed by atoms with Crippen LogP contribution in [0.5, 0.6) is 0 Å². The van der Waals surface area contributed by atoms with E-state index in [-0.39, 0.29) is 0 Å². The Hall–Kier alpha value is -1.39. The maximum atomic E-state index is 5.39. The first-order chi connectivity index (χ1) is 10.7. The standard InChI is InChI=1S/C18H23BrN2O/c1-3-5-14(4-2)10-11-20-13-17-12-18(21-22-17)15-6-8-16(19)9-7-15/h3,6-9,12,14,20H,1,4-5,10-11,13H2,2H3. The first-order valence-electron chi connectivity index (χ1n) is 7.76. The molecule has 1 heterocycles. The van der Waals surface area contributed by atoms with Crippen LogP contribution in [0.4, 0.5) is 0 Å². The molecule has 0 saturated heterocycles. The summed E-state index contributed by atoms with van der Waals surface area (Å²) in [4.78, 5) is 0. The fourth-order valence-corrected chi connectivity index (χ4v) is 2.66. The van der Waals surface area contributed by atoms with Gasteiger partial charge in [-0.2, -0.15) is 0 Å². The molecule has 1 atom stereocenters. The second-order valence-corrected chi connectivity index (χ2v) is 6.37. The van der Waals surface area contributed by atoms with Crippen LogP contribution in [0, 0.1) is 5.92 Å². The smallest absolute Gasteiger partial charge is 0.151 e. The van der Waals surface area contributed by atoms with E-state index in [2.05, 4.69) is 39.9 Å². The molecule has 0 amide bonds. The molecule has 1 aromatic carbocycles. The summed E-state index contributed by atoms with van der Waals surface area (Å²) < 4.78 is 6.45. The predicted octanol–water partition coefficient (Wildman–Crippen LogP) is 5.19. The van der Waals surface area contributed by atoms with Gasteiger partial charge in [0.05, 0.1) is 6.54 Å². The van der Waals surface area contributed by atoms with Gasteiger partial charge in [-0.25, -0.2) is 0 Å². The zero-order valence-electron chi connectivity index (χ0n) is 13.0. The number of halogens is 1. The van der Waals surface area contributed by atoms with Crippen LogP contribution in [0.2, 0.25) is 0 Å². The number of rotatable bonds is 9. The van der Waals surface area contributed by atoms with Gasteiger partial charge >= 0.3 is 0 Å². The lowest BCUT2D eigenvalue weighted by Crippen LogP contribution is -2.17. The van der Waals surface area contributed by atoms with Gasteiger partial charge in [0.25, 0.3) is 0 Å². The molecule has 1 unspecified atom stereocenters. The molecule has 3 nitrogen and oxygen atoms in total. The normalized spacial score (nSPS) is 12.3. The van der Waals surface area contributed by atoms with Crippen molar-refractivity contribution in [2.45, 2.75) is 32.7 Å². The number of aromatic nitrogens is 1. The van der Waals surface area contributed by atoms with E-state index in [1.165, 1.54) is 6.42 Å². The molecule has 0 aliphatic carbocycles. The molecule has 2 rings (SSSR count). The van der Waals surface area contributed by atoms with Crippen molar-refractivity contribution in [3.63, 3.8) is 0 Å². The topological polar surface area (TPSA) is 38.1 Å². The van der Waals surface area contributed by atoms with Crippen molar-refractivity contribution in [3.05, 3.63) is 53.2 Å². The summed E-state index contributed by atoms with van der Waals surface area (Å²) in [5.74, 6) is 1.59. The molecule has 22 heavy (non-hydrogen) atoms. The minimum absolute atomic E-state index is 0.716. The van der Waals surface area contributed by atoms with E-state index in [0.29, 0.717) is 6.54 Å². The van der Waals surface area contributed by atoms with E-state index in [1.54, 1.807) is 0 Å². The van der Waals surface area contributed by atoms with Crippen molar-refractivity contribution in [3.8, 4) is 11.3 Å². The Morgan fingerprint density at radius 3 is 2.82 bits per heavy atom. The van der Waals surface area contributed by atoms with Gasteiger partial charge in [0.1, 0.15) is 5.69 Å².